The summed E-state index contributed by atoms with van der Waals surface area (Å²) in [4.78, 5) is 13.5. The van der Waals surface area contributed by atoms with E-state index in [2.05, 4.69) is 412 Å². The Morgan fingerprint density at radius 3 is 0.964 bits per heavy atom. The molecule has 0 saturated carbocycles. The Kier molecular flexibility index (Phi) is 21.0. The van der Waals surface area contributed by atoms with Gasteiger partial charge in [-0.25, -0.2) is 0 Å². The highest BCUT2D eigenvalue weighted by atomic mass is 32.1. The highest BCUT2D eigenvalue weighted by Gasteiger charge is 2.46. The topological polar surface area (TPSA) is 76.2 Å². The Balaban J connectivity index is 0.000000113. The molecule has 0 radical (unpaired) electrons. The lowest BCUT2D eigenvalue weighted by molar-refractivity contribution is 0.311. The molecule has 0 spiro atoms. The minimum Gasteiger partial charge on any atom is -0.576 e. The lowest BCUT2D eigenvalue weighted by Crippen LogP contribution is -2.37. The van der Waals surface area contributed by atoms with Crippen molar-refractivity contribution in [3.63, 3.8) is 0 Å². The molecular weight excluding hydrogens is 1700 g/mol. The van der Waals surface area contributed by atoms with Crippen LogP contribution in [0.15, 0.2) is 498 Å². The van der Waals surface area contributed by atoms with Crippen LogP contribution in [-0.4, -0.2) is 39.2 Å². The zero-order valence-corrected chi connectivity index (χ0v) is 76.3. The van der Waals surface area contributed by atoms with Crippen LogP contribution in [0.25, 0.3) is 229 Å². The van der Waals surface area contributed by atoms with Gasteiger partial charge in [0.15, 0.2) is 0 Å². The van der Waals surface area contributed by atoms with E-state index in [1.165, 1.54) is 190 Å². The maximum atomic E-state index is 6.41. The zero-order chi connectivity index (χ0) is 90.6. The third-order valence-electron chi connectivity index (χ3n) is 26.6. The Labute approximate surface area is 799 Å². The van der Waals surface area contributed by atoms with Gasteiger partial charge in [-0.2, -0.15) is 0 Å². The molecule has 0 saturated heterocycles. The third kappa shape index (κ3) is 14.9. The molecule has 6 heterocycles. The molecule has 0 aliphatic carbocycles. The van der Waals surface area contributed by atoms with Crippen molar-refractivity contribution in [2.24, 2.45) is 0 Å². The van der Waals surface area contributed by atoms with E-state index in [0.29, 0.717) is 17.2 Å². The number of aromatic nitrogens is 5. The van der Waals surface area contributed by atoms with Gasteiger partial charge >= 0.3 is 15.1 Å². The summed E-state index contributed by atoms with van der Waals surface area (Å²) < 4.78 is 26.7. The average molecular weight is 1790 g/mol. The van der Waals surface area contributed by atoms with Crippen molar-refractivity contribution < 1.29 is 11.4 Å². The Hall–Kier alpha value is -17.4. The Morgan fingerprint density at radius 1 is 0.197 bits per heavy atom. The van der Waals surface area contributed by atoms with Crippen molar-refractivity contribution >= 4 is 166 Å². The van der Waals surface area contributed by atoms with Gasteiger partial charge in [0.2, 0.25) is 0 Å². The van der Waals surface area contributed by atoms with Crippen LogP contribution in [0.1, 0.15) is 0 Å². The largest absolute Gasteiger partial charge is 1.20 e. The van der Waals surface area contributed by atoms with Gasteiger partial charge in [0, 0.05) is 87.8 Å². The predicted octanol–water partition coefficient (Wildman–Crippen LogP) is 34.1. The highest BCUT2D eigenvalue weighted by molar-refractivity contribution is 7.26. The first-order valence-electron chi connectivity index (χ1n) is 46.3. The van der Waals surface area contributed by atoms with Crippen LogP contribution < -0.4 is 11.4 Å². The van der Waals surface area contributed by atoms with Crippen LogP contribution >= 0.6 is 11.3 Å². The number of para-hydroxylation sites is 6. The lowest BCUT2D eigenvalue weighted by atomic mass is 9.85. The normalized spacial score (nSPS) is 11.5. The number of nitrogens with zero attached hydrogens (tertiary/aromatic N) is 5. The molecular formula is C127H82AlN5O3S. The van der Waals surface area contributed by atoms with Crippen LogP contribution in [-0.2, 0) is 0 Å². The predicted molar refractivity (Wildman–Crippen MR) is 575 cm³/mol. The molecule has 8 nitrogen and oxygen atoms in total. The third-order valence-corrected chi connectivity index (χ3v) is 29.2. The summed E-state index contributed by atoms with van der Waals surface area (Å²) in [6.45, 7) is 0. The highest BCUT2D eigenvalue weighted by Crippen LogP contribution is 2.49. The van der Waals surface area contributed by atoms with Crippen molar-refractivity contribution in [1.29, 1.82) is 0 Å². The molecule has 137 heavy (non-hydrogen) atoms. The number of thiophene rings is 1. The van der Waals surface area contributed by atoms with E-state index in [4.69, 9.17) is 11.4 Å². The number of fused-ring (bicyclic) bond motifs is 16. The van der Waals surface area contributed by atoms with Crippen molar-refractivity contribution in [2.45, 2.75) is 0 Å². The monoisotopic (exact) mass is 1780 g/mol. The minimum absolute atomic E-state index is 0.608. The summed E-state index contributed by atoms with van der Waals surface area (Å²) in [6, 6.07) is 171. The van der Waals surface area contributed by atoms with Gasteiger partial charge in [0.25, 0.3) is 0 Å². The van der Waals surface area contributed by atoms with Gasteiger partial charge in [0.05, 0.1) is 22.1 Å². The average Bonchev–Trinajstić information content (AvgIpc) is 1.44. The fourth-order valence-electron chi connectivity index (χ4n) is 20.5. The van der Waals surface area contributed by atoms with Gasteiger partial charge in [-0.1, -0.05) is 370 Å². The van der Waals surface area contributed by atoms with Crippen molar-refractivity contribution in [2.75, 3.05) is 0 Å². The quantitative estimate of drug-likeness (QED) is 0.0752. The smallest absolute Gasteiger partial charge is 0.576 e. The maximum absolute atomic E-state index is 6.41. The van der Waals surface area contributed by atoms with E-state index in [9.17, 15) is 0 Å². The van der Waals surface area contributed by atoms with Gasteiger partial charge in [-0.05, 0) is 230 Å². The first kappa shape index (κ1) is 81.6. The van der Waals surface area contributed by atoms with E-state index in [0.717, 1.165) is 38.4 Å². The van der Waals surface area contributed by atoms with Gasteiger partial charge in [-0.3, -0.25) is 15.0 Å². The molecule has 27 rings (SSSR count). The van der Waals surface area contributed by atoms with Gasteiger partial charge < -0.3 is 20.5 Å². The van der Waals surface area contributed by atoms with E-state index >= 15 is 0 Å². The first-order valence-corrected chi connectivity index (χ1v) is 48.6. The standard InChI is InChI=1S/C56H35NS.C44H29N.3C9H7NO.Al/c1-3-14-37(15-4-1)54-45-20-7-8-21-46(45)55(38-16-5-2-6-17-38)50-34-39(28-32-47(50)54)36-26-30-41(31-27-36)57-51-24-11-9-18-43(51)49-35-40(29-33-52(49)57)42-22-13-23-48-44-19-10-12-25-53(44)58-56(42)48;1-3-13-31(14-4-1)43-36-18-7-9-20-38(36)44(39-21-10-8-19-37(39)43)32-25-23-30(24-26-32)33-27-28-42-40(29-33)35-17-11-12-22-41(35)45(42)34-15-5-2-6-16-34;3*11-8-5-1-3-7-4-2-6-10-9(7)8;/h1-35H;1-29H;3*1-6,11H;/q;;;;;+3/p-3. The molecule has 0 bridgehead atoms. The second-order valence-electron chi connectivity index (χ2n) is 34.5. The molecule has 0 aliphatic heterocycles. The lowest BCUT2D eigenvalue weighted by Gasteiger charge is -2.19. The molecule has 0 fully saturated rings. The van der Waals surface area contributed by atoms with E-state index < -0.39 is 15.1 Å². The molecule has 0 N–H and O–H groups in total. The summed E-state index contributed by atoms with van der Waals surface area (Å²) in [7, 11) is 0. The van der Waals surface area contributed by atoms with E-state index in [1.807, 2.05) is 102 Å². The van der Waals surface area contributed by atoms with Gasteiger partial charge in [-0.15, -0.1) is 11.3 Å². The number of benzene rings is 21. The van der Waals surface area contributed by atoms with Crippen molar-refractivity contribution in [3.8, 4) is 107 Å². The van der Waals surface area contributed by atoms with E-state index in [1.54, 1.807) is 18.6 Å². The molecule has 0 unspecified atom stereocenters. The molecule has 0 atom stereocenters. The molecule has 642 valence electrons. The fraction of sp³-hybridized carbons (Fsp3) is 0. The molecule has 21 aromatic carbocycles. The van der Waals surface area contributed by atoms with Crippen LogP contribution in [0.3, 0.4) is 0 Å². The second kappa shape index (κ2) is 35.3. The Bertz CT molecular complexity index is 9070. The summed E-state index contributed by atoms with van der Waals surface area (Å²) in [6.07, 6.45) is 5.24. The van der Waals surface area contributed by atoms with Crippen LogP contribution in [0.4, 0.5) is 0 Å². The summed E-state index contributed by atoms with van der Waals surface area (Å²) >= 11 is -0.968. The van der Waals surface area contributed by atoms with Gasteiger partial charge in [0.1, 0.15) is 33.8 Å². The van der Waals surface area contributed by atoms with Crippen LogP contribution in [0.5, 0.6) is 17.2 Å². The summed E-state index contributed by atoms with van der Waals surface area (Å²) in [5, 5.41) is 20.8. The number of pyridine rings is 3. The van der Waals surface area contributed by atoms with E-state index in [-0.39, 0.29) is 0 Å². The van der Waals surface area contributed by atoms with Crippen molar-refractivity contribution in [3.05, 3.63) is 498 Å². The summed E-state index contributed by atoms with van der Waals surface area (Å²) in [5.41, 5.74) is 26.9. The molecule has 0 aliphatic rings. The number of rotatable bonds is 15. The number of hydrogen-bond acceptors (Lipinski definition) is 7. The fourth-order valence-corrected chi connectivity index (χ4v) is 23.1. The number of hydrogen-bond donors (Lipinski definition) is 0. The SMILES string of the molecule is c1ccc(-c2c3ccccc3c(-c3ccc(-c4ccc5c(c4)c4ccccc4n5-c4ccccc4)cc3)c3ccccc23)cc1.c1ccc(-c2c3ccccc3c(-c3ccccc3)c3cc(-c4ccc(-n5c6ccccc6c6cc(-c7cccc8c7sc7ccccc78)ccc65)cc4)ccc23)cc1.c1cnc2c([O][Al]([O]c3cccc4cccnc34)[O]c3cccc4cccnc34)cccc2c1. The second-order valence-corrected chi connectivity index (χ2v) is 36.9. The van der Waals surface area contributed by atoms with Crippen molar-refractivity contribution in [1.82, 2.24) is 24.1 Å². The molecule has 27 aromatic rings. The maximum Gasteiger partial charge on any atom is 1.20 e. The first-order chi connectivity index (χ1) is 68.0. The minimum atomic E-state index is -2.86. The Morgan fingerprint density at radius 2 is 0.504 bits per heavy atom. The summed E-state index contributed by atoms with van der Waals surface area (Å²) in [5.74, 6) is 1.82. The molecule has 10 heteroatoms. The van der Waals surface area contributed by atoms with Crippen LogP contribution in [0, 0.1) is 0 Å². The zero-order valence-electron chi connectivity index (χ0n) is 74.3. The molecule has 0 amide bonds. The van der Waals surface area contributed by atoms with Crippen LogP contribution in [0.2, 0.25) is 0 Å². The molecule has 6 aromatic heterocycles.